The second kappa shape index (κ2) is 2.09. The van der Waals surface area contributed by atoms with Gasteiger partial charge in [-0.1, -0.05) is 0 Å². The highest BCUT2D eigenvalue weighted by atomic mass is 35.5. The molecule has 2 N–H and O–H groups in total. The molecule has 0 atom stereocenters. The Morgan fingerprint density at radius 3 is 2.88 bits per heavy atom. The molecule has 44 valence electrons. The van der Waals surface area contributed by atoms with Gasteiger partial charge in [0, 0.05) is 23.7 Å². The molecule has 0 saturated carbocycles. The van der Waals surface area contributed by atoms with Crippen LogP contribution in [0.1, 0.15) is 0 Å². The fourth-order valence-corrected chi connectivity index (χ4v) is 0.743. The highest BCUT2D eigenvalue weighted by Gasteiger charge is 1.98. The number of nitrogens with two attached hydrogens (primary N) is 1. The Labute approximate surface area is 53.3 Å². The van der Waals surface area contributed by atoms with Crippen LogP contribution in [0, 0.1) is 0 Å². The Balaban J connectivity index is 2.59. The lowest BCUT2D eigenvalue weighted by molar-refractivity contribution is 0.642. The van der Waals surface area contributed by atoms with E-state index in [0.29, 0.717) is 6.54 Å². The van der Waals surface area contributed by atoms with Gasteiger partial charge in [-0.15, -0.1) is 0 Å². The van der Waals surface area contributed by atoms with Crippen LogP contribution in [0.15, 0.2) is 24.0 Å². The highest BCUT2D eigenvalue weighted by molar-refractivity contribution is 6.14. The molecule has 0 amide bonds. The number of hydrogen-bond acceptors (Lipinski definition) is 2. The summed E-state index contributed by atoms with van der Waals surface area (Å²) in [6.07, 6.45) is 5.41. The van der Waals surface area contributed by atoms with Gasteiger partial charge >= 0.3 is 0 Å². The first kappa shape index (κ1) is 5.51. The van der Waals surface area contributed by atoms with Gasteiger partial charge in [0.1, 0.15) is 0 Å². The van der Waals surface area contributed by atoms with Crippen LogP contribution in [0.2, 0.25) is 0 Å². The van der Waals surface area contributed by atoms with Crippen molar-refractivity contribution in [2.24, 2.45) is 5.73 Å². The second-order valence-electron chi connectivity index (χ2n) is 1.64. The van der Waals surface area contributed by atoms with Crippen molar-refractivity contribution in [3.05, 3.63) is 24.0 Å². The molecule has 1 aliphatic heterocycles. The molecule has 0 spiro atoms. The minimum atomic E-state index is 0.623. The second-order valence-corrected chi connectivity index (χ2v) is 2.08. The maximum absolute atomic E-state index is 5.54. The molecule has 1 rings (SSSR count). The molecule has 0 radical (unpaired) electrons. The largest absolute Gasteiger partial charge is 0.401 e. The van der Waals surface area contributed by atoms with E-state index in [-0.39, 0.29) is 0 Å². The SMILES string of the molecule is NC1=CC=CN(Cl)C1. The molecule has 8 heavy (non-hydrogen) atoms. The molecular formula is C5H7ClN2. The Kier molecular flexibility index (Phi) is 1.44. The molecular weight excluding hydrogens is 124 g/mol. The van der Waals surface area contributed by atoms with E-state index in [0.717, 1.165) is 5.70 Å². The summed E-state index contributed by atoms with van der Waals surface area (Å²) in [6, 6.07) is 0. The van der Waals surface area contributed by atoms with Crippen LogP contribution in [0.5, 0.6) is 0 Å². The molecule has 3 heteroatoms. The van der Waals surface area contributed by atoms with Crippen molar-refractivity contribution in [3.63, 3.8) is 0 Å². The maximum atomic E-state index is 5.54. The fourth-order valence-electron chi connectivity index (χ4n) is 0.540. The Morgan fingerprint density at radius 1 is 1.75 bits per heavy atom. The van der Waals surface area contributed by atoms with Gasteiger partial charge in [0.25, 0.3) is 0 Å². The Morgan fingerprint density at radius 2 is 2.50 bits per heavy atom. The third-order valence-electron chi connectivity index (χ3n) is 0.892. The third-order valence-corrected chi connectivity index (χ3v) is 1.12. The number of hydrogen-bond donors (Lipinski definition) is 1. The predicted molar refractivity (Wildman–Crippen MR) is 34.0 cm³/mol. The monoisotopic (exact) mass is 130 g/mol. The molecule has 0 bridgehead atoms. The van der Waals surface area contributed by atoms with E-state index in [2.05, 4.69) is 0 Å². The molecule has 1 heterocycles. The molecule has 1 aliphatic rings. The Hall–Kier alpha value is -0.630. The van der Waals surface area contributed by atoms with Gasteiger partial charge in [-0.05, 0) is 12.2 Å². The highest BCUT2D eigenvalue weighted by Crippen LogP contribution is 2.03. The van der Waals surface area contributed by atoms with E-state index in [9.17, 15) is 0 Å². The molecule has 0 saturated heterocycles. The van der Waals surface area contributed by atoms with Crippen LogP contribution >= 0.6 is 11.8 Å². The quantitative estimate of drug-likeness (QED) is 0.492. The van der Waals surface area contributed by atoms with Crippen molar-refractivity contribution in [1.82, 2.24) is 4.42 Å². The maximum Gasteiger partial charge on any atom is 0.0737 e. The number of halogens is 1. The predicted octanol–water partition coefficient (Wildman–Crippen LogP) is 0.812. The summed E-state index contributed by atoms with van der Waals surface area (Å²) in [4.78, 5) is 0. The lowest BCUT2D eigenvalue weighted by atomic mass is 10.3. The molecule has 0 unspecified atom stereocenters. The lowest BCUT2D eigenvalue weighted by Crippen LogP contribution is -2.16. The summed E-state index contributed by atoms with van der Waals surface area (Å²) in [7, 11) is 0. The van der Waals surface area contributed by atoms with Gasteiger partial charge in [-0.3, -0.25) is 4.42 Å². The molecule has 0 fully saturated rings. The summed E-state index contributed by atoms with van der Waals surface area (Å²) in [5, 5.41) is 0. The number of allylic oxidation sites excluding steroid dienone is 2. The van der Waals surface area contributed by atoms with Gasteiger partial charge < -0.3 is 5.73 Å². The van der Waals surface area contributed by atoms with Gasteiger partial charge in [0.2, 0.25) is 0 Å². The molecule has 0 aromatic carbocycles. The van der Waals surface area contributed by atoms with Crippen molar-refractivity contribution in [2.45, 2.75) is 0 Å². The fraction of sp³-hybridized carbons (Fsp3) is 0.200. The van der Waals surface area contributed by atoms with Crippen LogP contribution in [-0.4, -0.2) is 11.0 Å². The van der Waals surface area contributed by atoms with Crippen molar-refractivity contribution < 1.29 is 0 Å². The van der Waals surface area contributed by atoms with E-state index < -0.39 is 0 Å². The van der Waals surface area contributed by atoms with Crippen molar-refractivity contribution in [3.8, 4) is 0 Å². The van der Waals surface area contributed by atoms with E-state index in [1.165, 1.54) is 4.42 Å². The van der Waals surface area contributed by atoms with Crippen LogP contribution in [-0.2, 0) is 0 Å². The summed E-state index contributed by atoms with van der Waals surface area (Å²) >= 11 is 5.54. The smallest absolute Gasteiger partial charge is 0.0737 e. The topological polar surface area (TPSA) is 29.3 Å². The van der Waals surface area contributed by atoms with Crippen LogP contribution in [0.4, 0.5) is 0 Å². The van der Waals surface area contributed by atoms with Crippen molar-refractivity contribution in [1.29, 1.82) is 0 Å². The first-order chi connectivity index (χ1) is 3.79. The van der Waals surface area contributed by atoms with Gasteiger partial charge in [0.15, 0.2) is 0 Å². The molecule has 0 aromatic heterocycles. The van der Waals surface area contributed by atoms with E-state index in [1.54, 1.807) is 6.20 Å². The summed E-state index contributed by atoms with van der Waals surface area (Å²) in [5.41, 5.74) is 6.20. The minimum Gasteiger partial charge on any atom is -0.401 e. The van der Waals surface area contributed by atoms with Gasteiger partial charge in [-0.2, -0.15) is 0 Å². The summed E-state index contributed by atoms with van der Waals surface area (Å²) in [5.74, 6) is 0. The zero-order valence-corrected chi connectivity index (χ0v) is 5.10. The van der Waals surface area contributed by atoms with Crippen LogP contribution in [0.25, 0.3) is 0 Å². The van der Waals surface area contributed by atoms with Crippen molar-refractivity contribution in [2.75, 3.05) is 6.54 Å². The van der Waals surface area contributed by atoms with E-state index in [1.807, 2.05) is 12.2 Å². The number of nitrogens with zero attached hydrogens (tertiary/aromatic N) is 1. The number of rotatable bonds is 0. The van der Waals surface area contributed by atoms with E-state index in [4.69, 9.17) is 17.5 Å². The zero-order valence-electron chi connectivity index (χ0n) is 4.34. The Bertz CT molecular complexity index is 139. The summed E-state index contributed by atoms with van der Waals surface area (Å²) in [6.45, 7) is 0.623. The first-order valence-corrected chi connectivity index (χ1v) is 2.68. The van der Waals surface area contributed by atoms with Crippen LogP contribution < -0.4 is 5.73 Å². The molecule has 2 nitrogen and oxygen atoms in total. The third kappa shape index (κ3) is 1.17. The zero-order chi connectivity index (χ0) is 5.98. The van der Waals surface area contributed by atoms with Crippen molar-refractivity contribution >= 4 is 11.8 Å². The summed E-state index contributed by atoms with van der Waals surface area (Å²) < 4.78 is 1.51. The minimum absolute atomic E-state index is 0.623. The average Bonchev–Trinajstić information content (AvgIpc) is 1.64. The van der Waals surface area contributed by atoms with Gasteiger partial charge in [0.05, 0.1) is 6.54 Å². The van der Waals surface area contributed by atoms with E-state index >= 15 is 0 Å². The lowest BCUT2D eigenvalue weighted by Gasteiger charge is -2.12. The average molecular weight is 131 g/mol. The molecule has 0 aromatic rings. The van der Waals surface area contributed by atoms with Crippen LogP contribution in [0.3, 0.4) is 0 Å². The first-order valence-electron chi connectivity index (χ1n) is 2.34. The standard InChI is InChI=1S/C5H7ClN2/c6-8-3-1-2-5(7)4-8/h1-3H,4,7H2. The molecule has 0 aliphatic carbocycles. The normalized spacial score (nSPS) is 18.6. The van der Waals surface area contributed by atoms with Gasteiger partial charge in [-0.25, -0.2) is 0 Å².